The van der Waals surface area contributed by atoms with E-state index in [1.165, 1.54) is 0 Å². The number of aromatic nitrogens is 2. The topological polar surface area (TPSA) is 77.5 Å². The van der Waals surface area contributed by atoms with Crippen LogP contribution in [0.3, 0.4) is 0 Å². The van der Waals surface area contributed by atoms with Crippen molar-refractivity contribution in [3.05, 3.63) is 47.8 Å². The maximum Gasteiger partial charge on any atom is 0.188 e. The van der Waals surface area contributed by atoms with Gasteiger partial charge >= 0.3 is 0 Å². The van der Waals surface area contributed by atoms with Gasteiger partial charge in [0.2, 0.25) is 0 Å². The molecule has 0 atom stereocenters. The van der Waals surface area contributed by atoms with Crippen molar-refractivity contribution in [1.82, 2.24) is 15.1 Å². The van der Waals surface area contributed by atoms with Crippen LogP contribution in [0.1, 0.15) is 11.3 Å². The van der Waals surface area contributed by atoms with Gasteiger partial charge in [0.05, 0.1) is 24.5 Å². The molecular weight excluding hydrogens is 393 g/mol. The van der Waals surface area contributed by atoms with Crippen LogP contribution in [0.25, 0.3) is 5.69 Å². The second-order valence-corrected chi connectivity index (χ2v) is 4.65. The lowest BCUT2D eigenvalue weighted by molar-refractivity contribution is 0.204. The highest BCUT2D eigenvalue weighted by atomic mass is 127. The highest BCUT2D eigenvalue weighted by Gasteiger charge is 2.04. The number of ether oxygens (including phenoxy) is 1. The van der Waals surface area contributed by atoms with Gasteiger partial charge in [-0.1, -0.05) is 18.2 Å². The van der Waals surface area contributed by atoms with E-state index >= 15 is 0 Å². The van der Waals surface area contributed by atoms with Gasteiger partial charge in [-0.15, -0.1) is 24.0 Å². The van der Waals surface area contributed by atoms with E-state index in [-0.39, 0.29) is 24.0 Å². The quantitative estimate of drug-likeness (QED) is 0.327. The van der Waals surface area contributed by atoms with Gasteiger partial charge in [-0.3, -0.25) is 0 Å². The van der Waals surface area contributed by atoms with Crippen LogP contribution in [0.2, 0.25) is 0 Å². The standard InChI is InChI=1S/C15H21N5O.HI/c1-12-7-9-20(19-12)14-6-4-3-5-13(14)11-18-15(16)17-8-10-21-2;/h3-7,9H,8,10-11H2,1-2H3,(H3,16,17,18);1H. The fourth-order valence-electron chi connectivity index (χ4n) is 1.92. The number of benzene rings is 1. The van der Waals surface area contributed by atoms with Gasteiger partial charge in [-0.25, -0.2) is 9.67 Å². The molecule has 2 aromatic rings. The Morgan fingerprint density at radius 2 is 2.14 bits per heavy atom. The smallest absolute Gasteiger partial charge is 0.188 e. The number of nitrogens with one attached hydrogen (secondary N) is 1. The number of methoxy groups -OCH3 is 1. The number of guanidine groups is 1. The number of rotatable bonds is 6. The lowest BCUT2D eigenvalue weighted by Gasteiger charge is -2.09. The van der Waals surface area contributed by atoms with Gasteiger partial charge < -0.3 is 15.8 Å². The van der Waals surface area contributed by atoms with Gasteiger partial charge in [0, 0.05) is 19.9 Å². The molecule has 0 unspecified atom stereocenters. The summed E-state index contributed by atoms with van der Waals surface area (Å²) in [6, 6.07) is 9.99. The second-order valence-electron chi connectivity index (χ2n) is 4.65. The zero-order chi connectivity index (χ0) is 15.1. The average molecular weight is 415 g/mol. The molecule has 1 heterocycles. The Hall–Kier alpha value is -1.61. The predicted octanol–water partition coefficient (Wildman–Crippen LogP) is 1.85. The Morgan fingerprint density at radius 3 is 2.82 bits per heavy atom. The summed E-state index contributed by atoms with van der Waals surface area (Å²) in [4.78, 5) is 4.35. The maximum atomic E-state index is 5.82. The number of hydrogen-bond acceptors (Lipinski definition) is 3. The Labute approximate surface area is 147 Å². The van der Waals surface area contributed by atoms with E-state index in [4.69, 9.17) is 10.5 Å². The summed E-state index contributed by atoms with van der Waals surface area (Å²) >= 11 is 0. The molecule has 3 N–H and O–H groups in total. The van der Waals surface area contributed by atoms with Crippen molar-refractivity contribution in [3.63, 3.8) is 0 Å². The van der Waals surface area contributed by atoms with Crippen molar-refractivity contribution in [2.24, 2.45) is 10.7 Å². The van der Waals surface area contributed by atoms with Crippen molar-refractivity contribution in [1.29, 1.82) is 0 Å². The number of para-hydroxylation sites is 1. The monoisotopic (exact) mass is 415 g/mol. The Balaban J connectivity index is 0.00000242. The maximum absolute atomic E-state index is 5.82. The van der Waals surface area contributed by atoms with Crippen LogP contribution in [0, 0.1) is 6.92 Å². The van der Waals surface area contributed by atoms with Crippen LogP contribution in [-0.2, 0) is 11.3 Å². The van der Waals surface area contributed by atoms with Crippen molar-refractivity contribution in [3.8, 4) is 5.69 Å². The van der Waals surface area contributed by atoms with E-state index in [2.05, 4.69) is 15.4 Å². The molecule has 7 heteroatoms. The number of aliphatic imine (C=N–C) groups is 1. The molecule has 0 aliphatic carbocycles. The molecule has 0 fully saturated rings. The van der Waals surface area contributed by atoms with Crippen LogP contribution in [0.15, 0.2) is 41.5 Å². The van der Waals surface area contributed by atoms with E-state index in [0.717, 1.165) is 16.9 Å². The van der Waals surface area contributed by atoms with Crippen LogP contribution in [0.5, 0.6) is 0 Å². The molecule has 6 nitrogen and oxygen atoms in total. The zero-order valence-corrected chi connectivity index (χ0v) is 15.2. The minimum atomic E-state index is 0. The number of aryl methyl sites for hydroxylation is 1. The highest BCUT2D eigenvalue weighted by Crippen LogP contribution is 2.15. The van der Waals surface area contributed by atoms with Crippen LogP contribution < -0.4 is 11.1 Å². The number of hydrogen-bond donors (Lipinski definition) is 2. The van der Waals surface area contributed by atoms with Crippen molar-refractivity contribution in [2.45, 2.75) is 13.5 Å². The first kappa shape index (κ1) is 18.4. The van der Waals surface area contributed by atoms with Gasteiger partial charge in [0.25, 0.3) is 0 Å². The normalized spacial score (nSPS) is 11.1. The molecule has 0 amide bonds. The predicted molar refractivity (Wildman–Crippen MR) is 98.9 cm³/mol. The van der Waals surface area contributed by atoms with Crippen molar-refractivity contribution < 1.29 is 4.74 Å². The molecule has 0 bridgehead atoms. The Kier molecular flexibility index (Phi) is 7.89. The van der Waals surface area contributed by atoms with Gasteiger partial charge in [0.15, 0.2) is 5.96 Å². The molecule has 1 aromatic heterocycles. The molecular formula is C15H22IN5O. The second kappa shape index (κ2) is 9.42. The largest absolute Gasteiger partial charge is 0.383 e. The zero-order valence-electron chi connectivity index (χ0n) is 12.8. The third kappa shape index (κ3) is 5.30. The van der Waals surface area contributed by atoms with E-state index < -0.39 is 0 Å². The summed E-state index contributed by atoms with van der Waals surface area (Å²) in [5, 5.41) is 7.43. The SMILES string of the molecule is COCCNC(N)=NCc1ccccc1-n1ccc(C)n1.I. The molecule has 1 aromatic carbocycles. The molecule has 0 saturated carbocycles. The molecule has 0 aliphatic rings. The first-order valence-electron chi connectivity index (χ1n) is 6.84. The number of halogens is 1. The minimum Gasteiger partial charge on any atom is -0.383 e. The van der Waals surface area contributed by atoms with E-state index in [1.54, 1.807) is 7.11 Å². The summed E-state index contributed by atoms with van der Waals surface area (Å²) in [5.74, 6) is 0.415. The summed E-state index contributed by atoms with van der Waals surface area (Å²) in [7, 11) is 1.65. The Bertz CT molecular complexity index is 611. The van der Waals surface area contributed by atoms with E-state index in [0.29, 0.717) is 25.7 Å². The summed E-state index contributed by atoms with van der Waals surface area (Å²) in [5.41, 5.74) is 8.88. The first-order valence-corrected chi connectivity index (χ1v) is 6.84. The van der Waals surface area contributed by atoms with Crippen LogP contribution >= 0.6 is 24.0 Å². The number of nitrogens with zero attached hydrogens (tertiary/aromatic N) is 3. The van der Waals surface area contributed by atoms with E-state index in [9.17, 15) is 0 Å². The molecule has 2 rings (SSSR count). The fourth-order valence-corrected chi connectivity index (χ4v) is 1.92. The van der Waals surface area contributed by atoms with Gasteiger partial charge in [-0.05, 0) is 24.6 Å². The third-order valence-corrected chi connectivity index (χ3v) is 2.99. The summed E-state index contributed by atoms with van der Waals surface area (Å²) in [6.07, 6.45) is 1.94. The minimum absolute atomic E-state index is 0. The molecule has 120 valence electrons. The van der Waals surface area contributed by atoms with Crippen molar-refractivity contribution in [2.75, 3.05) is 20.3 Å². The average Bonchev–Trinajstić information content (AvgIpc) is 2.92. The molecule has 22 heavy (non-hydrogen) atoms. The lowest BCUT2D eigenvalue weighted by Crippen LogP contribution is -2.34. The van der Waals surface area contributed by atoms with Crippen molar-refractivity contribution >= 4 is 29.9 Å². The summed E-state index contributed by atoms with van der Waals surface area (Å²) in [6.45, 7) is 3.71. The van der Waals surface area contributed by atoms with Gasteiger partial charge in [-0.2, -0.15) is 5.10 Å². The van der Waals surface area contributed by atoms with Crippen LogP contribution in [-0.4, -0.2) is 36.0 Å². The Morgan fingerprint density at radius 1 is 1.36 bits per heavy atom. The van der Waals surface area contributed by atoms with Crippen LogP contribution in [0.4, 0.5) is 0 Å². The van der Waals surface area contributed by atoms with Gasteiger partial charge in [0.1, 0.15) is 0 Å². The number of nitrogens with two attached hydrogens (primary N) is 1. The molecule has 0 radical (unpaired) electrons. The lowest BCUT2D eigenvalue weighted by atomic mass is 10.2. The fraction of sp³-hybridized carbons (Fsp3) is 0.333. The third-order valence-electron chi connectivity index (χ3n) is 2.99. The molecule has 0 saturated heterocycles. The van der Waals surface area contributed by atoms with E-state index in [1.807, 2.05) is 48.1 Å². The molecule has 0 spiro atoms. The summed E-state index contributed by atoms with van der Waals surface area (Å²) < 4.78 is 6.81. The first-order chi connectivity index (χ1) is 10.2. The molecule has 0 aliphatic heterocycles. The highest BCUT2D eigenvalue weighted by molar-refractivity contribution is 14.0.